The maximum atomic E-state index is 2.54. The van der Waals surface area contributed by atoms with Crippen molar-refractivity contribution in [2.75, 3.05) is 12.8 Å². The van der Waals surface area contributed by atoms with Gasteiger partial charge in [-0.3, -0.25) is 0 Å². The van der Waals surface area contributed by atoms with Crippen molar-refractivity contribution in [1.29, 1.82) is 0 Å². The van der Waals surface area contributed by atoms with E-state index >= 15 is 0 Å². The first-order chi connectivity index (χ1) is 6.08. The highest BCUT2D eigenvalue weighted by atomic mass is 32.2. The van der Waals surface area contributed by atoms with Crippen LogP contribution in [-0.2, 0) is 0 Å². The van der Waals surface area contributed by atoms with Gasteiger partial charge < -0.3 is 0 Å². The minimum absolute atomic E-state index is 0.620. The van der Waals surface area contributed by atoms with E-state index in [4.69, 9.17) is 0 Å². The molecule has 0 aromatic carbocycles. The molecule has 3 aliphatic rings. The van der Waals surface area contributed by atoms with Gasteiger partial charge in [0.2, 0.25) is 0 Å². The third-order valence-electron chi connectivity index (χ3n) is 5.35. The van der Waals surface area contributed by atoms with Crippen LogP contribution in [-0.4, -0.2) is 23.1 Å². The second kappa shape index (κ2) is 2.27. The Morgan fingerprint density at radius 3 is 2.77 bits per heavy atom. The monoisotopic (exact) mass is 197 g/mol. The van der Waals surface area contributed by atoms with E-state index in [1.165, 1.54) is 25.0 Å². The van der Waals surface area contributed by atoms with E-state index < -0.39 is 0 Å². The molecule has 1 spiro atoms. The Morgan fingerprint density at radius 2 is 2.15 bits per heavy atom. The topological polar surface area (TPSA) is 3.24 Å². The molecule has 1 saturated heterocycles. The van der Waals surface area contributed by atoms with Gasteiger partial charge in [-0.1, -0.05) is 25.8 Å². The highest BCUT2D eigenvalue weighted by Gasteiger charge is 2.67. The SMILES string of the molecule is CN1SC[C@@]23CC[C@@H](C[C@H]12)C3(C)C. The standard InChI is InChI=1S/C11H19NS/c1-10(2)8-4-5-11(10)7-13-12(3)9(11)6-8/h8-9H,4-7H2,1-3H3/t8-,9-,11-/m0/s1. The molecule has 0 unspecified atom stereocenters. The summed E-state index contributed by atoms with van der Waals surface area (Å²) in [7, 11) is 2.29. The maximum Gasteiger partial charge on any atom is 0.0272 e. The molecule has 74 valence electrons. The molecule has 1 heterocycles. The number of fused-ring (bicyclic) bond motifs is 1. The Labute approximate surface area is 85.4 Å². The van der Waals surface area contributed by atoms with Gasteiger partial charge in [-0.05, 0) is 37.6 Å². The van der Waals surface area contributed by atoms with Gasteiger partial charge in [-0.2, -0.15) is 0 Å². The molecule has 0 aromatic rings. The van der Waals surface area contributed by atoms with Crippen molar-refractivity contribution in [2.24, 2.45) is 16.7 Å². The van der Waals surface area contributed by atoms with Crippen molar-refractivity contribution in [2.45, 2.75) is 39.2 Å². The van der Waals surface area contributed by atoms with Crippen LogP contribution < -0.4 is 0 Å². The lowest BCUT2D eigenvalue weighted by atomic mass is 9.69. The normalized spacial score (nSPS) is 52.8. The summed E-state index contributed by atoms with van der Waals surface area (Å²) in [5.41, 5.74) is 1.30. The minimum atomic E-state index is 0.620. The second-order valence-corrected chi connectivity index (χ2v) is 6.81. The van der Waals surface area contributed by atoms with Gasteiger partial charge in [0.05, 0.1) is 0 Å². The van der Waals surface area contributed by atoms with Crippen LogP contribution in [0.1, 0.15) is 33.1 Å². The number of rotatable bonds is 0. The van der Waals surface area contributed by atoms with Crippen LogP contribution in [0.15, 0.2) is 0 Å². The fraction of sp³-hybridized carbons (Fsp3) is 1.00. The summed E-state index contributed by atoms with van der Waals surface area (Å²) in [5, 5.41) is 0. The Bertz CT molecular complexity index is 250. The van der Waals surface area contributed by atoms with Gasteiger partial charge in [0.1, 0.15) is 0 Å². The first kappa shape index (κ1) is 8.60. The fourth-order valence-electron chi connectivity index (χ4n) is 4.18. The molecule has 3 rings (SSSR count). The molecule has 3 atom stereocenters. The Balaban J connectivity index is 2.06. The van der Waals surface area contributed by atoms with Crippen LogP contribution in [0.5, 0.6) is 0 Å². The molecule has 2 saturated carbocycles. The molecule has 1 aliphatic heterocycles. The summed E-state index contributed by atoms with van der Waals surface area (Å²) in [6.07, 6.45) is 4.46. The molecule has 2 aliphatic carbocycles. The predicted molar refractivity (Wildman–Crippen MR) is 57.6 cm³/mol. The van der Waals surface area contributed by atoms with Gasteiger partial charge in [-0.25, -0.2) is 4.31 Å². The largest absolute Gasteiger partial charge is 0.250 e. The number of hydrogen-bond donors (Lipinski definition) is 0. The third-order valence-corrected chi connectivity index (χ3v) is 6.66. The zero-order chi connectivity index (χ0) is 9.27. The first-order valence-corrected chi connectivity index (χ1v) is 6.38. The van der Waals surface area contributed by atoms with E-state index in [0.29, 0.717) is 10.8 Å². The molecule has 2 bridgehead atoms. The molecule has 0 amide bonds. The molecule has 2 heteroatoms. The lowest BCUT2D eigenvalue weighted by Gasteiger charge is -2.37. The lowest BCUT2D eigenvalue weighted by molar-refractivity contribution is 0.121. The fourth-order valence-corrected chi connectivity index (χ4v) is 5.79. The van der Waals surface area contributed by atoms with Crippen molar-refractivity contribution >= 4 is 11.9 Å². The molecule has 0 radical (unpaired) electrons. The molecular formula is C11H19NS. The van der Waals surface area contributed by atoms with E-state index in [-0.39, 0.29) is 0 Å². The summed E-state index contributed by atoms with van der Waals surface area (Å²) >= 11 is 2.07. The average Bonchev–Trinajstić information content (AvgIpc) is 2.62. The van der Waals surface area contributed by atoms with Gasteiger partial charge in [0, 0.05) is 17.2 Å². The molecule has 3 fully saturated rings. The molecule has 13 heavy (non-hydrogen) atoms. The Hall–Kier alpha value is 0.310. The van der Waals surface area contributed by atoms with Crippen molar-refractivity contribution < 1.29 is 0 Å². The summed E-state index contributed by atoms with van der Waals surface area (Å²) in [5.74, 6) is 2.40. The van der Waals surface area contributed by atoms with Crippen LogP contribution in [0.25, 0.3) is 0 Å². The lowest BCUT2D eigenvalue weighted by Crippen LogP contribution is -2.40. The summed E-state index contributed by atoms with van der Waals surface area (Å²) in [6, 6.07) is 0.895. The first-order valence-electron chi connectivity index (χ1n) is 5.44. The highest BCUT2D eigenvalue weighted by molar-refractivity contribution is 7.97. The summed E-state index contributed by atoms with van der Waals surface area (Å²) in [6.45, 7) is 5.04. The summed E-state index contributed by atoms with van der Waals surface area (Å²) in [4.78, 5) is 0. The van der Waals surface area contributed by atoms with Crippen molar-refractivity contribution in [3.8, 4) is 0 Å². The van der Waals surface area contributed by atoms with Crippen LogP contribution >= 0.6 is 11.9 Å². The maximum absolute atomic E-state index is 2.54. The van der Waals surface area contributed by atoms with E-state index in [0.717, 1.165) is 12.0 Å². The Morgan fingerprint density at radius 1 is 1.38 bits per heavy atom. The molecule has 0 N–H and O–H groups in total. The van der Waals surface area contributed by atoms with Gasteiger partial charge in [-0.15, -0.1) is 0 Å². The van der Waals surface area contributed by atoms with Crippen molar-refractivity contribution in [1.82, 2.24) is 4.31 Å². The quantitative estimate of drug-likeness (QED) is 0.549. The number of hydrogen-bond acceptors (Lipinski definition) is 2. The van der Waals surface area contributed by atoms with Crippen LogP contribution in [0.4, 0.5) is 0 Å². The van der Waals surface area contributed by atoms with Gasteiger partial charge in [0.15, 0.2) is 0 Å². The van der Waals surface area contributed by atoms with E-state index in [2.05, 4.69) is 37.1 Å². The zero-order valence-corrected chi connectivity index (χ0v) is 9.66. The van der Waals surface area contributed by atoms with Crippen molar-refractivity contribution in [3.05, 3.63) is 0 Å². The van der Waals surface area contributed by atoms with Crippen LogP contribution in [0, 0.1) is 16.7 Å². The van der Waals surface area contributed by atoms with E-state index in [9.17, 15) is 0 Å². The van der Waals surface area contributed by atoms with E-state index in [1.807, 2.05) is 0 Å². The van der Waals surface area contributed by atoms with Gasteiger partial charge >= 0.3 is 0 Å². The molecule has 0 aromatic heterocycles. The third kappa shape index (κ3) is 0.767. The minimum Gasteiger partial charge on any atom is -0.250 e. The predicted octanol–water partition coefficient (Wildman–Crippen LogP) is 2.77. The summed E-state index contributed by atoms with van der Waals surface area (Å²) < 4.78 is 2.54. The number of nitrogens with zero attached hydrogens (tertiary/aromatic N) is 1. The molecular weight excluding hydrogens is 178 g/mol. The Kier molecular flexibility index (Phi) is 1.51. The van der Waals surface area contributed by atoms with Crippen LogP contribution in [0.3, 0.4) is 0 Å². The van der Waals surface area contributed by atoms with Gasteiger partial charge in [0.25, 0.3) is 0 Å². The zero-order valence-electron chi connectivity index (χ0n) is 8.84. The highest BCUT2D eigenvalue weighted by Crippen LogP contribution is 2.70. The van der Waals surface area contributed by atoms with Crippen molar-refractivity contribution in [3.63, 3.8) is 0 Å². The smallest absolute Gasteiger partial charge is 0.0272 e. The molecule has 1 nitrogen and oxygen atoms in total. The average molecular weight is 197 g/mol. The second-order valence-electron chi connectivity index (χ2n) is 5.68. The van der Waals surface area contributed by atoms with Crippen LogP contribution in [0.2, 0.25) is 0 Å². The van der Waals surface area contributed by atoms with E-state index in [1.54, 1.807) is 0 Å².